The van der Waals surface area contributed by atoms with E-state index in [4.69, 9.17) is 31.9 Å². The summed E-state index contributed by atoms with van der Waals surface area (Å²) in [5, 5.41) is 9.50. The second-order valence-electron chi connectivity index (χ2n) is 0.482. The maximum atomic E-state index is 4.80. The van der Waals surface area contributed by atoms with Crippen LogP contribution in [-0.4, -0.2) is 31.9 Å². The maximum absolute atomic E-state index is 4.80. The van der Waals surface area contributed by atoms with E-state index in [1.807, 2.05) is 0 Å². The van der Waals surface area contributed by atoms with E-state index in [2.05, 4.69) is 0 Å². The van der Waals surface area contributed by atoms with Gasteiger partial charge < -0.3 is 0 Å². The molecule has 10 heavy (non-hydrogen) atoms. The summed E-state index contributed by atoms with van der Waals surface area (Å²) < 4.78 is 9.59. The largest absolute Gasteiger partial charge is 0 e. The van der Waals surface area contributed by atoms with Crippen LogP contribution in [0.5, 0.6) is 0 Å². The molecule has 0 N–H and O–H groups in total. The third kappa shape index (κ3) is 110. The van der Waals surface area contributed by atoms with Gasteiger partial charge in [-0.25, -0.2) is 0 Å². The van der Waals surface area contributed by atoms with Gasteiger partial charge in [0, 0.05) is 22.4 Å². The van der Waals surface area contributed by atoms with Gasteiger partial charge in [0.15, 0.2) is 0 Å². The topological polar surface area (TPSA) is 0 Å². The fraction of sp³-hybridized carbons (Fsp3) is 0. The van der Waals surface area contributed by atoms with E-state index < -0.39 is 38.7 Å². The molecule has 0 aliphatic carbocycles. The van der Waals surface area contributed by atoms with Crippen LogP contribution >= 0.6 is 0 Å². The van der Waals surface area contributed by atoms with Crippen molar-refractivity contribution in [1.29, 1.82) is 0 Å². The summed E-state index contributed by atoms with van der Waals surface area (Å²) >= 11 is -1.58. The molecule has 0 saturated heterocycles. The standard InChI is InChI=1S/6B.Nb.Ti.V.Zr. The second-order valence-corrected chi connectivity index (χ2v) is 2.29. The summed E-state index contributed by atoms with van der Waals surface area (Å²) in [4.78, 5) is 0. The summed E-state index contributed by atoms with van der Waals surface area (Å²) in [6.45, 7) is 0. The first kappa shape index (κ1) is 23.3. The molecule has 0 atom stereocenters. The minimum absolute atomic E-state index is 0. The fourth-order valence-electron chi connectivity index (χ4n) is 0. The average Bonchev–Trinajstić information content (AvgIpc) is 1.70. The van der Waals surface area contributed by atoms with Gasteiger partial charge in [0.05, 0.1) is 0 Å². The molecule has 0 nitrogen and oxygen atoms in total. The van der Waals surface area contributed by atoms with Crippen molar-refractivity contribution in [2.75, 3.05) is 0 Å². The van der Waals surface area contributed by atoms with Gasteiger partial charge in [-0.15, -0.1) is 0 Å². The molecule has 0 aromatic rings. The summed E-state index contributed by atoms with van der Waals surface area (Å²) in [6.07, 6.45) is 0. The molecule has 0 heterocycles. The Hall–Kier alpha value is 3.31. The first-order valence-corrected chi connectivity index (χ1v) is 7.93. The van der Waals surface area contributed by atoms with Gasteiger partial charge in [0.25, 0.3) is 0 Å². The normalized spacial score (nSPS) is 6.00. The van der Waals surface area contributed by atoms with Crippen molar-refractivity contribution in [3.8, 4) is 0 Å². The molecule has 0 bridgehead atoms. The van der Waals surface area contributed by atoms with E-state index in [0.29, 0.717) is 0 Å². The van der Waals surface area contributed by atoms with Crippen LogP contribution in [0.4, 0.5) is 0 Å². The van der Waals surface area contributed by atoms with Crippen molar-refractivity contribution in [1.82, 2.24) is 0 Å². The molecule has 0 aliphatic rings. The summed E-state index contributed by atoms with van der Waals surface area (Å²) in [6, 6.07) is 0. The first-order chi connectivity index (χ1) is 4.24. The molecule has 0 unspecified atom stereocenters. The zero-order valence-corrected chi connectivity index (χ0v) is 13.0. The molecule has 0 amide bonds. The van der Waals surface area contributed by atoms with Crippen LogP contribution in [0.25, 0.3) is 0 Å². The molecule has 0 aliphatic heterocycles. The molecular weight excluding hydrogens is 348 g/mol. The van der Waals surface area contributed by atoms with Crippen LogP contribution in [0.1, 0.15) is 0 Å². The third-order valence-corrected chi connectivity index (χ3v) is 0. The predicted molar refractivity (Wildman–Crippen MR) is 34.5 cm³/mol. The Morgan fingerprint density at radius 3 is 1.10 bits per heavy atom. The summed E-state index contributed by atoms with van der Waals surface area (Å²) in [7, 11) is 0. The summed E-state index contributed by atoms with van der Waals surface area (Å²) in [5.74, 6) is 9.44. The van der Waals surface area contributed by atoms with Gasteiger partial charge in [0.2, 0.25) is 0 Å². The van der Waals surface area contributed by atoms with E-state index in [0.717, 1.165) is 0 Å². The quantitative estimate of drug-likeness (QED) is 0.433. The molecule has 0 fully saturated rings. The van der Waals surface area contributed by atoms with Gasteiger partial charge >= 0.3 is 85.2 Å². The average molecular weight is 348 g/mol. The van der Waals surface area contributed by atoms with Crippen molar-refractivity contribution in [2.24, 2.45) is 0 Å². The number of rotatable bonds is 0. The first-order valence-electron chi connectivity index (χ1n) is 1.67. The Kier molecular flexibility index (Phi) is 92.0. The van der Waals surface area contributed by atoms with E-state index in [1.54, 1.807) is 0 Å². The SMILES string of the molecule is [B]#[Ti]#[B].[B]#[V]#[B].[B]#[Zr]#[B].[Nb]. The molecule has 0 saturated carbocycles. The van der Waals surface area contributed by atoms with Gasteiger partial charge in [-0.3, -0.25) is 0 Å². The molecule has 36 valence electrons. The van der Waals surface area contributed by atoms with Crippen LogP contribution in [-0.2, 0) is 75.7 Å². The van der Waals surface area contributed by atoms with Crippen LogP contribution in [0.2, 0.25) is 0 Å². The maximum Gasteiger partial charge on any atom is 0 e. The van der Waals surface area contributed by atoms with E-state index >= 15 is 0 Å². The van der Waals surface area contributed by atoms with Crippen molar-refractivity contribution < 1.29 is 75.7 Å². The van der Waals surface area contributed by atoms with Gasteiger partial charge in [0.1, 0.15) is 0 Å². The molecule has 0 spiro atoms. The van der Waals surface area contributed by atoms with Crippen LogP contribution < -0.4 is 0 Å². The van der Waals surface area contributed by atoms with Crippen molar-refractivity contribution in [2.45, 2.75) is 0 Å². The zero-order chi connectivity index (χ0) is 8.12. The molecule has 0 rings (SSSR count). The zero-order valence-electron chi connectivity index (χ0n) is 5.36. The van der Waals surface area contributed by atoms with Crippen LogP contribution in [0.15, 0.2) is 0 Å². The van der Waals surface area contributed by atoms with Gasteiger partial charge in [-0.1, -0.05) is 0 Å². The van der Waals surface area contributed by atoms with Crippen LogP contribution in [0.3, 0.4) is 0 Å². The smallest absolute Gasteiger partial charge is 0 e. The number of hydrogen-bond acceptors (Lipinski definition) is 0. The predicted octanol–water partition coefficient (Wildman–Crippen LogP) is -2.29. The molecule has 0 aromatic carbocycles. The van der Waals surface area contributed by atoms with E-state index in [1.165, 1.54) is 0 Å². The third-order valence-electron chi connectivity index (χ3n) is 0. The second kappa shape index (κ2) is 39.5. The Labute approximate surface area is 105 Å². The van der Waals surface area contributed by atoms with Gasteiger partial charge in [-0.05, 0) is 0 Å². The molecule has 1 radical (unpaired) electrons. The minimum atomic E-state index is -0.770. The van der Waals surface area contributed by atoms with E-state index in [9.17, 15) is 0 Å². The summed E-state index contributed by atoms with van der Waals surface area (Å²) in [5.41, 5.74) is 0. The van der Waals surface area contributed by atoms with Crippen molar-refractivity contribution in [3.05, 3.63) is 0 Å². The monoisotopic (exact) mass is 348 g/mol. The minimum Gasteiger partial charge on any atom is 0 e. The Bertz CT molecular complexity index is 309. The van der Waals surface area contributed by atoms with Crippen molar-refractivity contribution >= 4 is 31.9 Å². The fourth-order valence-corrected chi connectivity index (χ4v) is 0. The molecule has 0 aromatic heterocycles. The Morgan fingerprint density at radius 1 is 1.10 bits per heavy atom. The number of hydrogen-bond donors (Lipinski definition) is 0. The van der Waals surface area contributed by atoms with Gasteiger partial charge in [-0.2, -0.15) is 0 Å². The van der Waals surface area contributed by atoms with Crippen molar-refractivity contribution in [3.63, 3.8) is 0 Å². The van der Waals surface area contributed by atoms with Crippen LogP contribution in [0, 0.1) is 0 Å². The Balaban J connectivity index is -0.0000000257. The molecule has 10 heteroatoms. The molecular formula is B6NbTiVZr. The van der Waals surface area contributed by atoms with E-state index in [-0.39, 0.29) is 37.0 Å². The Morgan fingerprint density at radius 2 is 1.10 bits per heavy atom.